The number of cyclic esters (lactones) is 1. The zero-order valence-corrected chi connectivity index (χ0v) is 18.9. The van der Waals surface area contributed by atoms with E-state index < -0.39 is 0 Å². The van der Waals surface area contributed by atoms with Crippen molar-refractivity contribution in [2.24, 2.45) is 34.5 Å². The Morgan fingerprint density at radius 3 is 2.66 bits per heavy atom. The molecule has 3 saturated carbocycles. The summed E-state index contributed by atoms with van der Waals surface area (Å²) in [6.45, 7) is 7.28. The van der Waals surface area contributed by atoms with Gasteiger partial charge >= 0.3 is 5.97 Å². The van der Waals surface area contributed by atoms with Crippen LogP contribution in [0.25, 0.3) is 0 Å². The average Bonchev–Trinajstić information content (AvgIpc) is 3.24. The Labute approximate surface area is 179 Å². The van der Waals surface area contributed by atoms with E-state index in [1.54, 1.807) is 18.6 Å². The second kappa shape index (κ2) is 7.00. The molecule has 0 N–H and O–H groups in total. The number of carbonyl (C=O) groups excluding carboxylic acids is 2. The summed E-state index contributed by atoms with van der Waals surface area (Å²) in [6, 6.07) is 0. The molecular formula is C25H34O3S. The lowest BCUT2D eigenvalue weighted by molar-refractivity contribution is -0.135. The molecule has 1 aliphatic heterocycles. The summed E-state index contributed by atoms with van der Waals surface area (Å²) >= 11 is 1.53. The molecule has 0 aromatic rings. The number of allylic oxidation sites excluding steroid dienone is 1. The maximum absolute atomic E-state index is 11.7. The number of esters is 1. The van der Waals surface area contributed by atoms with Gasteiger partial charge in [-0.15, -0.1) is 0 Å². The Kier molecular flexibility index (Phi) is 4.81. The summed E-state index contributed by atoms with van der Waals surface area (Å²) < 4.78 is 5.27. The van der Waals surface area contributed by atoms with Gasteiger partial charge in [0.15, 0.2) is 5.12 Å². The Bertz CT molecular complexity index is 798. The predicted molar refractivity (Wildman–Crippen MR) is 116 cm³/mol. The second-order valence-electron chi connectivity index (χ2n) is 10.7. The summed E-state index contributed by atoms with van der Waals surface area (Å²) in [5.41, 5.74) is 3.59. The molecule has 3 fully saturated rings. The van der Waals surface area contributed by atoms with Crippen LogP contribution in [0.5, 0.6) is 0 Å². The van der Waals surface area contributed by atoms with Gasteiger partial charge in [-0.2, -0.15) is 0 Å². The fraction of sp³-hybridized carbons (Fsp3) is 0.760. The van der Waals surface area contributed by atoms with E-state index in [0.717, 1.165) is 24.2 Å². The smallest absolute Gasteiger partial charge is 0.331 e. The van der Waals surface area contributed by atoms with Crippen LogP contribution >= 0.6 is 11.8 Å². The van der Waals surface area contributed by atoms with Crippen molar-refractivity contribution in [2.45, 2.75) is 77.4 Å². The maximum Gasteiger partial charge on any atom is 0.331 e. The van der Waals surface area contributed by atoms with Crippen LogP contribution in [0.3, 0.4) is 0 Å². The van der Waals surface area contributed by atoms with Crippen LogP contribution in [0.4, 0.5) is 0 Å². The molecule has 3 nitrogen and oxygen atoms in total. The number of rotatable bonds is 2. The predicted octanol–water partition coefficient (Wildman–Crippen LogP) is 5.70. The second-order valence-corrected chi connectivity index (χ2v) is 12.1. The third-order valence-electron chi connectivity index (χ3n) is 9.52. The molecule has 7 atom stereocenters. The summed E-state index contributed by atoms with van der Waals surface area (Å²) in [7, 11) is 0. The molecule has 5 rings (SSSR count). The van der Waals surface area contributed by atoms with E-state index in [2.05, 4.69) is 19.9 Å². The van der Waals surface area contributed by atoms with Gasteiger partial charge in [-0.1, -0.05) is 37.3 Å². The SMILES string of the molecule is CC(=O)S[C@@H]1C=C2CC[C@H]3[C@@H]4CC[C@H](C5=CC(=O)OC5)[C@@]4(C)CC[C@@H]3[C@@]2(C)CC1. The number of thioether (sulfide) groups is 1. The molecule has 0 bridgehead atoms. The Hall–Kier alpha value is -1.03. The fourth-order valence-electron chi connectivity index (χ4n) is 8.20. The van der Waals surface area contributed by atoms with Crippen LogP contribution < -0.4 is 0 Å². The minimum Gasteiger partial charge on any atom is -0.458 e. The Balaban J connectivity index is 1.39. The minimum absolute atomic E-state index is 0.138. The zero-order valence-electron chi connectivity index (χ0n) is 18.0. The molecule has 4 aliphatic carbocycles. The standard InChI is InChI=1S/C25H34O3S/c1-15(26)29-18-8-10-24(2)17(13-18)4-5-19-21-7-6-20(16-12-23(27)28-14-16)25(21,3)11-9-22(19)24/h12-13,18-22H,4-11,14H2,1-3H3/t18-,19-,20+,21-,22-,24-,25+/m0/s1. The van der Waals surface area contributed by atoms with Crippen molar-refractivity contribution in [3.8, 4) is 0 Å². The molecule has 0 aromatic carbocycles. The third-order valence-corrected chi connectivity index (χ3v) is 10.5. The largest absolute Gasteiger partial charge is 0.458 e. The van der Waals surface area contributed by atoms with E-state index >= 15 is 0 Å². The van der Waals surface area contributed by atoms with Gasteiger partial charge in [0.05, 0.1) is 0 Å². The summed E-state index contributed by atoms with van der Waals surface area (Å²) in [4.78, 5) is 23.3. The Morgan fingerprint density at radius 1 is 1.10 bits per heavy atom. The summed E-state index contributed by atoms with van der Waals surface area (Å²) in [5, 5.41) is 0.641. The number of carbonyl (C=O) groups is 2. The third kappa shape index (κ3) is 3.07. The number of hydrogen-bond acceptors (Lipinski definition) is 4. The quantitative estimate of drug-likeness (QED) is 0.430. The van der Waals surface area contributed by atoms with Crippen LogP contribution in [0, 0.1) is 34.5 Å². The first-order valence-corrected chi connectivity index (χ1v) is 12.4. The topological polar surface area (TPSA) is 43.4 Å². The molecular weight excluding hydrogens is 380 g/mol. The lowest BCUT2D eigenvalue weighted by Crippen LogP contribution is -2.50. The van der Waals surface area contributed by atoms with Crippen LogP contribution in [-0.4, -0.2) is 22.9 Å². The average molecular weight is 415 g/mol. The number of hydrogen-bond donors (Lipinski definition) is 0. The van der Waals surface area contributed by atoms with Crippen molar-refractivity contribution in [3.05, 3.63) is 23.3 Å². The van der Waals surface area contributed by atoms with Gasteiger partial charge in [-0.05, 0) is 91.4 Å². The fourth-order valence-corrected chi connectivity index (χ4v) is 9.10. The molecule has 0 unspecified atom stereocenters. The molecule has 0 amide bonds. The highest BCUT2D eigenvalue weighted by Crippen LogP contribution is 2.67. The van der Waals surface area contributed by atoms with E-state index in [9.17, 15) is 9.59 Å². The Morgan fingerprint density at radius 2 is 1.93 bits per heavy atom. The van der Waals surface area contributed by atoms with E-state index in [0.29, 0.717) is 28.6 Å². The molecule has 158 valence electrons. The lowest BCUT2D eigenvalue weighted by atomic mass is 9.46. The molecule has 5 aliphatic rings. The van der Waals surface area contributed by atoms with Gasteiger partial charge in [0, 0.05) is 18.2 Å². The monoisotopic (exact) mass is 414 g/mol. The summed E-state index contributed by atoms with van der Waals surface area (Å²) in [5.74, 6) is 2.79. The molecule has 0 saturated heterocycles. The van der Waals surface area contributed by atoms with Crippen LogP contribution in [-0.2, 0) is 14.3 Å². The van der Waals surface area contributed by atoms with E-state index in [1.807, 2.05) is 0 Å². The van der Waals surface area contributed by atoms with Crippen molar-refractivity contribution in [1.29, 1.82) is 0 Å². The highest BCUT2D eigenvalue weighted by Gasteiger charge is 2.59. The number of ether oxygens (including phenoxy) is 1. The first kappa shape index (κ1) is 19.9. The van der Waals surface area contributed by atoms with Crippen molar-refractivity contribution in [3.63, 3.8) is 0 Å². The highest BCUT2D eigenvalue weighted by atomic mass is 32.2. The van der Waals surface area contributed by atoms with Crippen molar-refractivity contribution >= 4 is 22.8 Å². The van der Waals surface area contributed by atoms with Gasteiger partial charge in [-0.3, -0.25) is 4.79 Å². The van der Waals surface area contributed by atoms with Gasteiger partial charge in [0.25, 0.3) is 0 Å². The molecule has 29 heavy (non-hydrogen) atoms. The van der Waals surface area contributed by atoms with E-state index in [-0.39, 0.29) is 11.1 Å². The van der Waals surface area contributed by atoms with Gasteiger partial charge in [0.1, 0.15) is 6.61 Å². The lowest BCUT2D eigenvalue weighted by Gasteiger charge is -2.58. The first-order chi connectivity index (χ1) is 13.8. The molecule has 0 aromatic heterocycles. The highest BCUT2D eigenvalue weighted by molar-refractivity contribution is 8.14. The van der Waals surface area contributed by atoms with Gasteiger partial charge in [-0.25, -0.2) is 4.79 Å². The van der Waals surface area contributed by atoms with Crippen molar-refractivity contribution < 1.29 is 14.3 Å². The van der Waals surface area contributed by atoms with E-state index in [1.165, 1.54) is 62.3 Å². The number of fused-ring (bicyclic) bond motifs is 5. The zero-order chi connectivity index (χ0) is 20.4. The summed E-state index contributed by atoms with van der Waals surface area (Å²) in [6.07, 6.45) is 14.3. The van der Waals surface area contributed by atoms with Crippen molar-refractivity contribution in [2.75, 3.05) is 6.61 Å². The first-order valence-electron chi connectivity index (χ1n) is 11.6. The molecule has 1 heterocycles. The normalized spacial score (nSPS) is 46.2. The molecule has 0 radical (unpaired) electrons. The van der Waals surface area contributed by atoms with Gasteiger partial charge < -0.3 is 4.74 Å². The van der Waals surface area contributed by atoms with Gasteiger partial charge in [0.2, 0.25) is 0 Å². The van der Waals surface area contributed by atoms with Crippen molar-refractivity contribution in [1.82, 2.24) is 0 Å². The van der Waals surface area contributed by atoms with E-state index in [4.69, 9.17) is 4.74 Å². The maximum atomic E-state index is 11.7. The molecule has 4 heteroatoms. The van der Waals surface area contributed by atoms with Crippen LogP contribution in [0.1, 0.15) is 72.1 Å². The molecule has 0 spiro atoms. The minimum atomic E-state index is -0.138. The van der Waals surface area contributed by atoms with Crippen LogP contribution in [0.15, 0.2) is 23.3 Å². The van der Waals surface area contributed by atoms with Crippen LogP contribution in [0.2, 0.25) is 0 Å².